The zero-order valence-electron chi connectivity index (χ0n) is 10.2. The lowest BCUT2D eigenvalue weighted by atomic mass is 9.92. The SMILES string of the molecule is CC(C)C1(CNC(=O)c2ccc(Cl)nc2)CC1. The summed E-state index contributed by atoms with van der Waals surface area (Å²) in [5.74, 6) is 0.548. The molecule has 1 amide bonds. The third-order valence-electron chi connectivity index (χ3n) is 3.71. The molecule has 3 nitrogen and oxygen atoms in total. The largest absolute Gasteiger partial charge is 0.351 e. The molecule has 4 heteroatoms. The number of nitrogens with one attached hydrogen (secondary N) is 1. The fourth-order valence-corrected chi connectivity index (χ4v) is 2.10. The summed E-state index contributed by atoms with van der Waals surface area (Å²) in [5.41, 5.74) is 0.893. The Labute approximate surface area is 107 Å². The Morgan fingerprint density at radius 2 is 2.24 bits per heavy atom. The number of amides is 1. The van der Waals surface area contributed by atoms with Gasteiger partial charge in [0.15, 0.2) is 0 Å². The minimum atomic E-state index is -0.0684. The third-order valence-corrected chi connectivity index (χ3v) is 3.93. The van der Waals surface area contributed by atoms with Crippen LogP contribution in [0.15, 0.2) is 18.3 Å². The Hall–Kier alpha value is -1.09. The molecule has 0 radical (unpaired) electrons. The van der Waals surface area contributed by atoms with Gasteiger partial charge in [-0.2, -0.15) is 0 Å². The molecule has 1 aromatic rings. The number of nitrogens with zero attached hydrogens (tertiary/aromatic N) is 1. The van der Waals surface area contributed by atoms with Crippen LogP contribution in [0, 0.1) is 11.3 Å². The van der Waals surface area contributed by atoms with E-state index in [0.29, 0.717) is 22.0 Å². The highest BCUT2D eigenvalue weighted by Gasteiger charge is 2.45. The standard InChI is InChI=1S/C13H17ClN2O/c1-9(2)13(5-6-13)8-16-12(17)10-3-4-11(14)15-7-10/h3-4,7,9H,5-6,8H2,1-2H3,(H,16,17). The fraction of sp³-hybridized carbons (Fsp3) is 0.538. The summed E-state index contributed by atoms with van der Waals surface area (Å²) >= 11 is 5.67. The number of carbonyl (C=O) groups excluding carboxylic acids is 1. The highest BCUT2D eigenvalue weighted by Crippen LogP contribution is 2.51. The Morgan fingerprint density at radius 1 is 1.53 bits per heavy atom. The minimum absolute atomic E-state index is 0.0684. The second kappa shape index (κ2) is 4.65. The maximum absolute atomic E-state index is 11.9. The molecule has 1 aromatic heterocycles. The van der Waals surface area contributed by atoms with Crippen LogP contribution in [0.3, 0.4) is 0 Å². The van der Waals surface area contributed by atoms with Crippen molar-refractivity contribution in [2.24, 2.45) is 11.3 Å². The average Bonchev–Trinajstić information content (AvgIpc) is 3.08. The summed E-state index contributed by atoms with van der Waals surface area (Å²) in [4.78, 5) is 15.8. The van der Waals surface area contributed by atoms with Crippen LogP contribution >= 0.6 is 11.6 Å². The van der Waals surface area contributed by atoms with Crippen molar-refractivity contribution >= 4 is 17.5 Å². The van der Waals surface area contributed by atoms with E-state index in [1.165, 1.54) is 19.0 Å². The first-order chi connectivity index (χ1) is 8.03. The zero-order valence-corrected chi connectivity index (χ0v) is 10.9. The van der Waals surface area contributed by atoms with E-state index in [2.05, 4.69) is 24.1 Å². The van der Waals surface area contributed by atoms with Crippen LogP contribution in [0.2, 0.25) is 5.15 Å². The van der Waals surface area contributed by atoms with E-state index in [4.69, 9.17) is 11.6 Å². The van der Waals surface area contributed by atoms with E-state index in [9.17, 15) is 4.79 Å². The number of halogens is 1. The summed E-state index contributed by atoms with van der Waals surface area (Å²) < 4.78 is 0. The molecule has 0 bridgehead atoms. The second-order valence-electron chi connectivity index (χ2n) is 5.07. The van der Waals surface area contributed by atoms with Crippen LogP contribution in [0.4, 0.5) is 0 Å². The van der Waals surface area contributed by atoms with E-state index >= 15 is 0 Å². The molecule has 1 N–H and O–H groups in total. The molecule has 1 aliphatic rings. The summed E-state index contributed by atoms with van der Waals surface area (Å²) in [5, 5.41) is 3.39. The second-order valence-corrected chi connectivity index (χ2v) is 5.46. The first-order valence-electron chi connectivity index (χ1n) is 5.93. The quantitative estimate of drug-likeness (QED) is 0.838. The van der Waals surface area contributed by atoms with Crippen LogP contribution in [0.1, 0.15) is 37.0 Å². The summed E-state index contributed by atoms with van der Waals surface area (Å²) in [6, 6.07) is 3.32. The van der Waals surface area contributed by atoms with E-state index in [1.807, 2.05) is 0 Å². The third kappa shape index (κ3) is 2.78. The molecule has 0 atom stereocenters. The van der Waals surface area contributed by atoms with E-state index in [-0.39, 0.29) is 5.91 Å². The maximum Gasteiger partial charge on any atom is 0.252 e. The smallest absolute Gasteiger partial charge is 0.252 e. The summed E-state index contributed by atoms with van der Waals surface area (Å²) in [7, 11) is 0. The van der Waals surface area contributed by atoms with Crippen LogP contribution in [-0.2, 0) is 0 Å². The van der Waals surface area contributed by atoms with Gasteiger partial charge in [-0.25, -0.2) is 4.98 Å². The molecule has 1 heterocycles. The van der Waals surface area contributed by atoms with E-state index in [1.54, 1.807) is 12.1 Å². The average molecular weight is 253 g/mol. The Balaban J connectivity index is 1.92. The van der Waals surface area contributed by atoms with Crippen molar-refractivity contribution in [3.05, 3.63) is 29.0 Å². The van der Waals surface area contributed by atoms with Gasteiger partial charge in [0.2, 0.25) is 0 Å². The molecule has 1 saturated carbocycles. The van der Waals surface area contributed by atoms with Gasteiger partial charge in [-0.15, -0.1) is 0 Å². The van der Waals surface area contributed by atoms with Crippen molar-refractivity contribution in [3.63, 3.8) is 0 Å². The Kier molecular flexibility index (Phi) is 3.38. The normalized spacial score (nSPS) is 16.9. The van der Waals surface area contributed by atoms with Crippen molar-refractivity contribution in [1.82, 2.24) is 10.3 Å². The Bertz CT molecular complexity index is 410. The van der Waals surface area contributed by atoms with E-state index in [0.717, 1.165) is 6.54 Å². The molecule has 1 fully saturated rings. The van der Waals surface area contributed by atoms with Crippen molar-refractivity contribution < 1.29 is 4.79 Å². The molecular weight excluding hydrogens is 236 g/mol. The number of hydrogen-bond acceptors (Lipinski definition) is 2. The molecule has 0 saturated heterocycles. The topological polar surface area (TPSA) is 42.0 Å². The number of pyridine rings is 1. The molecular formula is C13H17ClN2O. The van der Waals surface area contributed by atoms with Crippen LogP contribution in [0.25, 0.3) is 0 Å². The predicted octanol–water partition coefficient (Wildman–Crippen LogP) is 2.90. The van der Waals surface area contributed by atoms with Gasteiger partial charge in [-0.05, 0) is 36.3 Å². The number of hydrogen-bond donors (Lipinski definition) is 1. The van der Waals surface area contributed by atoms with Gasteiger partial charge in [0.1, 0.15) is 5.15 Å². The molecule has 92 valence electrons. The van der Waals surface area contributed by atoms with Crippen molar-refractivity contribution in [2.45, 2.75) is 26.7 Å². The van der Waals surface area contributed by atoms with Gasteiger partial charge in [-0.3, -0.25) is 4.79 Å². The van der Waals surface area contributed by atoms with Gasteiger partial charge in [0.05, 0.1) is 5.56 Å². The van der Waals surface area contributed by atoms with Crippen LogP contribution in [-0.4, -0.2) is 17.4 Å². The lowest BCUT2D eigenvalue weighted by Gasteiger charge is -2.19. The number of carbonyl (C=O) groups is 1. The molecule has 0 spiro atoms. The molecule has 0 aliphatic heterocycles. The maximum atomic E-state index is 11.9. The Morgan fingerprint density at radius 3 is 2.71 bits per heavy atom. The van der Waals surface area contributed by atoms with Gasteiger partial charge in [0.25, 0.3) is 5.91 Å². The van der Waals surface area contributed by atoms with Gasteiger partial charge in [-0.1, -0.05) is 25.4 Å². The van der Waals surface area contributed by atoms with E-state index < -0.39 is 0 Å². The number of aromatic nitrogens is 1. The monoisotopic (exact) mass is 252 g/mol. The van der Waals surface area contributed by atoms with Gasteiger partial charge in [0, 0.05) is 12.7 Å². The zero-order chi connectivity index (χ0) is 12.5. The van der Waals surface area contributed by atoms with Crippen LogP contribution in [0.5, 0.6) is 0 Å². The molecule has 17 heavy (non-hydrogen) atoms. The molecule has 0 aromatic carbocycles. The number of rotatable bonds is 4. The molecule has 0 unspecified atom stereocenters. The molecule has 1 aliphatic carbocycles. The van der Waals surface area contributed by atoms with Crippen molar-refractivity contribution in [3.8, 4) is 0 Å². The van der Waals surface area contributed by atoms with Gasteiger partial charge >= 0.3 is 0 Å². The van der Waals surface area contributed by atoms with Gasteiger partial charge < -0.3 is 5.32 Å². The highest BCUT2D eigenvalue weighted by molar-refractivity contribution is 6.29. The first kappa shape index (κ1) is 12.4. The molecule has 2 rings (SSSR count). The lowest BCUT2D eigenvalue weighted by Crippen LogP contribution is -2.32. The fourth-order valence-electron chi connectivity index (χ4n) is 1.99. The van der Waals surface area contributed by atoms with Crippen molar-refractivity contribution in [1.29, 1.82) is 0 Å². The predicted molar refractivity (Wildman–Crippen MR) is 68.1 cm³/mol. The summed E-state index contributed by atoms with van der Waals surface area (Å²) in [6.45, 7) is 5.18. The minimum Gasteiger partial charge on any atom is -0.351 e. The lowest BCUT2D eigenvalue weighted by molar-refractivity contribution is 0.0939. The van der Waals surface area contributed by atoms with Crippen molar-refractivity contribution in [2.75, 3.05) is 6.54 Å². The highest BCUT2D eigenvalue weighted by atomic mass is 35.5. The summed E-state index contributed by atoms with van der Waals surface area (Å²) in [6.07, 6.45) is 3.93. The first-order valence-corrected chi connectivity index (χ1v) is 6.31. The van der Waals surface area contributed by atoms with Crippen LogP contribution < -0.4 is 5.32 Å².